The minimum Gasteiger partial charge on any atom is -0.466 e. The number of hydrogen-bond donors (Lipinski definition) is 0. The molecule has 0 saturated carbocycles. The SMILES string of the molecule is Cc1cc(-c2nnc(COC(=O)c3c(F)cccc3F)o2)c(C)o1. The van der Waals surface area contributed by atoms with Crippen molar-refractivity contribution in [1.29, 1.82) is 0 Å². The number of carbonyl (C=O) groups is 1. The van der Waals surface area contributed by atoms with Crippen LogP contribution in [-0.2, 0) is 11.3 Å². The predicted molar refractivity (Wildman–Crippen MR) is 77.0 cm³/mol. The van der Waals surface area contributed by atoms with Gasteiger partial charge in [-0.3, -0.25) is 0 Å². The fourth-order valence-electron chi connectivity index (χ4n) is 2.16. The second-order valence-corrected chi connectivity index (χ2v) is 5.00. The van der Waals surface area contributed by atoms with E-state index in [-0.39, 0.29) is 11.8 Å². The first-order valence-corrected chi connectivity index (χ1v) is 6.96. The van der Waals surface area contributed by atoms with Gasteiger partial charge in [0, 0.05) is 0 Å². The van der Waals surface area contributed by atoms with E-state index >= 15 is 0 Å². The lowest BCUT2D eigenvalue weighted by atomic mass is 10.2. The molecule has 1 aromatic carbocycles. The number of carbonyl (C=O) groups excluding carboxylic acids is 1. The molecule has 0 N–H and O–H groups in total. The highest BCUT2D eigenvalue weighted by atomic mass is 19.1. The normalized spacial score (nSPS) is 10.8. The Morgan fingerprint density at radius 3 is 2.50 bits per heavy atom. The van der Waals surface area contributed by atoms with Crippen LogP contribution in [0.25, 0.3) is 11.5 Å². The maximum Gasteiger partial charge on any atom is 0.344 e. The van der Waals surface area contributed by atoms with Crippen molar-refractivity contribution in [3.05, 3.63) is 58.9 Å². The van der Waals surface area contributed by atoms with E-state index in [1.54, 1.807) is 19.9 Å². The number of hydrogen-bond acceptors (Lipinski definition) is 6. The third kappa shape index (κ3) is 3.03. The molecule has 0 unspecified atom stereocenters. The fraction of sp³-hybridized carbons (Fsp3) is 0.188. The molecule has 8 heteroatoms. The molecule has 0 spiro atoms. The first-order chi connectivity index (χ1) is 11.5. The quantitative estimate of drug-likeness (QED) is 0.679. The summed E-state index contributed by atoms with van der Waals surface area (Å²) in [5, 5.41) is 7.56. The lowest BCUT2D eigenvalue weighted by molar-refractivity contribution is 0.0427. The number of nitrogens with zero attached hydrogens (tertiary/aromatic N) is 2. The lowest BCUT2D eigenvalue weighted by Gasteiger charge is -2.04. The van der Waals surface area contributed by atoms with Crippen molar-refractivity contribution in [2.24, 2.45) is 0 Å². The van der Waals surface area contributed by atoms with Crippen molar-refractivity contribution in [2.45, 2.75) is 20.5 Å². The second kappa shape index (κ2) is 6.23. The van der Waals surface area contributed by atoms with Crippen molar-refractivity contribution in [3.8, 4) is 11.5 Å². The Balaban J connectivity index is 1.72. The third-order valence-electron chi connectivity index (χ3n) is 3.23. The van der Waals surface area contributed by atoms with Gasteiger partial charge in [0.05, 0.1) is 5.56 Å². The molecule has 0 aliphatic carbocycles. The van der Waals surface area contributed by atoms with E-state index in [2.05, 4.69) is 10.2 Å². The Labute approximate surface area is 135 Å². The maximum atomic E-state index is 13.5. The number of esters is 1. The topological polar surface area (TPSA) is 78.4 Å². The fourth-order valence-corrected chi connectivity index (χ4v) is 2.16. The molecule has 24 heavy (non-hydrogen) atoms. The molecule has 0 aliphatic rings. The Morgan fingerprint density at radius 2 is 1.88 bits per heavy atom. The van der Waals surface area contributed by atoms with E-state index in [0.717, 1.165) is 18.2 Å². The van der Waals surface area contributed by atoms with Crippen molar-refractivity contribution in [2.75, 3.05) is 0 Å². The first kappa shape index (κ1) is 15.9. The highest BCUT2D eigenvalue weighted by Gasteiger charge is 2.20. The smallest absolute Gasteiger partial charge is 0.344 e. The summed E-state index contributed by atoms with van der Waals surface area (Å²) < 4.78 is 42.5. The summed E-state index contributed by atoms with van der Waals surface area (Å²) in [5.74, 6) is -1.68. The zero-order chi connectivity index (χ0) is 17.3. The zero-order valence-corrected chi connectivity index (χ0v) is 12.8. The van der Waals surface area contributed by atoms with Crippen molar-refractivity contribution >= 4 is 5.97 Å². The van der Waals surface area contributed by atoms with Crippen molar-refractivity contribution in [1.82, 2.24) is 10.2 Å². The number of benzene rings is 1. The van der Waals surface area contributed by atoms with Gasteiger partial charge in [-0.15, -0.1) is 10.2 Å². The third-order valence-corrected chi connectivity index (χ3v) is 3.23. The van der Waals surface area contributed by atoms with Gasteiger partial charge in [-0.2, -0.15) is 0 Å². The first-order valence-electron chi connectivity index (χ1n) is 6.96. The molecule has 0 radical (unpaired) electrons. The standard InChI is InChI=1S/C16H12F2N2O4/c1-8-6-10(9(2)23-8)15-20-19-13(24-15)7-22-16(21)14-11(17)4-3-5-12(14)18/h3-6H,7H2,1-2H3. The average Bonchev–Trinajstić information content (AvgIpc) is 3.11. The zero-order valence-electron chi connectivity index (χ0n) is 12.8. The van der Waals surface area contributed by atoms with Crippen LogP contribution in [0.2, 0.25) is 0 Å². The van der Waals surface area contributed by atoms with Gasteiger partial charge in [-0.25, -0.2) is 13.6 Å². The Kier molecular flexibility index (Phi) is 4.11. The van der Waals surface area contributed by atoms with Gasteiger partial charge in [0.2, 0.25) is 0 Å². The summed E-state index contributed by atoms with van der Waals surface area (Å²) in [6, 6.07) is 4.82. The van der Waals surface area contributed by atoms with Crippen LogP contribution in [0.5, 0.6) is 0 Å². The van der Waals surface area contributed by atoms with Gasteiger partial charge < -0.3 is 13.6 Å². The number of aryl methyl sites for hydroxylation is 2. The number of halogens is 2. The summed E-state index contributed by atoms with van der Waals surface area (Å²) in [7, 11) is 0. The van der Waals surface area contributed by atoms with Gasteiger partial charge in [0.25, 0.3) is 11.8 Å². The summed E-state index contributed by atoms with van der Waals surface area (Å²) >= 11 is 0. The lowest BCUT2D eigenvalue weighted by Crippen LogP contribution is -2.10. The Hall–Kier alpha value is -3.03. The van der Waals surface area contributed by atoms with Crippen LogP contribution in [0.1, 0.15) is 27.8 Å². The van der Waals surface area contributed by atoms with E-state index in [9.17, 15) is 13.6 Å². The van der Waals surface area contributed by atoms with E-state index in [4.69, 9.17) is 13.6 Å². The molecule has 0 saturated heterocycles. The predicted octanol–water partition coefficient (Wildman–Crippen LogP) is 3.58. The Bertz CT molecular complexity index is 881. The van der Waals surface area contributed by atoms with Crippen LogP contribution in [0, 0.1) is 25.5 Å². The van der Waals surface area contributed by atoms with Gasteiger partial charge in [-0.1, -0.05) is 6.07 Å². The van der Waals surface area contributed by atoms with Gasteiger partial charge in [0.1, 0.15) is 28.7 Å². The molecule has 0 bridgehead atoms. The van der Waals surface area contributed by atoms with E-state index in [1.807, 2.05) is 0 Å². The highest BCUT2D eigenvalue weighted by molar-refractivity contribution is 5.89. The van der Waals surface area contributed by atoms with Crippen LogP contribution in [0.4, 0.5) is 8.78 Å². The maximum absolute atomic E-state index is 13.5. The van der Waals surface area contributed by atoms with Crippen LogP contribution < -0.4 is 0 Å². The molecule has 0 aliphatic heterocycles. The number of aromatic nitrogens is 2. The van der Waals surface area contributed by atoms with Crippen LogP contribution >= 0.6 is 0 Å². The van der Waals surface area contributed by atoms with E-state index in [0.29, 0.717) is 17.1 Å². The summed E-state index contributed by atoms with van der Waals surface area (Å²) in [5.41, 5.74) is -0.142. The largest absolute Gasteiger partial charge is 0.466 e. The van der Waals surface area contributed by atoms with Gasteiger partial charge in [-0.05, 0) is 32.0 Å². The average molecular weight is 334 g/mol. The summed E-state index contributed by atoms with van der Waals surface area (Å²) in [6.07, 6.45) is 0. The number of furan rings is 1. The molecular formula is C16H12F2N2O4. The molecular weight excluding hydrogens is 322 g/mol. The second-order valence-electron chi connectivity index (χ2n) is 5.00. The van der Waals surface area contributed by atoms with Crippen molar-refractivity contribution in [3.63, 3.8) is 0 Å². The molecule has 3 rings (SSSR count). The summed E-state index contributed by atoms with van der Waals surface area (Å²) in [6.45, 7) is 3.11. The monoisotopic (exact) mass is 334 g/mol. The molecule has 0 atom stereocenters. The molecule has 0 amide bonds. The van der Waals surface area contributed by atoms with Crippen LogP contribution in [-0.4, -0.2) is 16.2 Å². The molecule has 2 heterocycles. The van der Waals surface area contributed by atoms with Gasteiger partial charge in [0.15, 0.2) is 6.61 Å². The molecule has 3 aromatic rings. The van der Waals surface area contributed by atoms with E-state index in [1.165, 1.54) is 0 Å². The minimum absolute atomic E-state index is 0.00616. The van der Waals surface area contributed by atoms with Crippen molar-refractivity contribution < 1.29 is 27.1 Å². The molecule has 0 fully saturated rings. The number of rotatable bonds is 4. The molecule has 6 nitrogen and oxygen atoms in total. The molecule has 2 aromatic heterocycles. The summed E-state index contributed by atoms with van der Waals surface area (Å²) in [4.78, 5) is 11.8. The molecule has 124 valence electrons. The minimum atomic E-state index is -1.15. The van der Waals surface area contributed by atoms with E-state index < -0.39 is 29.8 Å². The highest BCUT2D eigenvalue weighted by Crippen LogP contribution is 2.25. The Morgan fingerprint density at radius 1 is 1.17 bits per heavy atom. The van der Waals surface area contributed by atoms with Crippen LogP contribution in [0.3, 0.4) is 0 Å². The van der Waals surface area contributed by atoms with Crippen LogP contribution in [0.15, 0.2) is 33.1 Å². The van der Waals surface area contributed by atoms with Gasteiger partial charge >= 0.3 is 5.97 Å². The number of ether oxygens (including phenoxy) is 1.